The van der Waals surface area contributed by atoms with Crippen molar-refractivity contribution in [2.45, 2.75) is 39.8 Å². The van der Waals surface area contributed by atoms with Gasteiger partial charge in [0.15, 0.2) is 0 Å². The quantitative estimate of drug-likeness (QED) is 0.941. The number of hydrogen-bond acceptors (Lipinski definition) is 3. The lowest BCUT2D eigenvalue weighted by molar-refractivity contribution is -0.129. The van der Waals surface area contributed by atoms with Crippen LogP contribution in [0.1, 0.15) is 27.2 Å². The molecule has 1 fully saturated rings. The van der Waals surface area contributed by atoms with Gasteiger partial charge in [0.05, 0.1) is 17.0 Å². The van der Waals surface area contributed by atoms with Crippen molar-refractivity contribution in [3.63, 3.8) is 0 Å². The van der Waals surface area contributed by atoms with Crippen LogP contribution in [-0.2, 0) is 16.1 Å². The van der Waals surface area contributed by atoms with Crippen LogP contribution in [-0.4, -0.2) is 38.9 Å². The van der Waals surface area contributed by atoms with Gasteiger partial charge in [-0.1, -0.05) is 12.1 Å². The Bertz CT molecular complexity index is 750. The Kier molecular flexibility index (Phi) is 4.07. The van der Waals surface area contributed by atoms with Gasteiger partial charge in [-0.05, 0) is 32.9 Å². The van der Waals surface area contributed by atoms with E-state index in [1.54, 1.807) is 4.90 Å². The molecule has 0 saturated carbocycles. The summed E-state index contributed by atoms with van der Waals surface area (Å²) in [7, 11) is 0. The van der Waals surface area contributed by atoms with Crippen LogP contribution in [0, 0.1) is 5.92 Å². The molecular weight excluding hydrogens is 292 g/mol. The van der Waals surface area contributed by atoms with Crippen LogP contribution < -0.4 is 5.32 Å². The first kappa shape index (κ1) is 15.5. The molecule has 23 heavy (non-hydrogen) atoms. The molecular formula is C17H22N4O2. The number of anilines is 1. The summed E-state index contributed by atoms with van der Waals surface area (Å²) in [4.78, 5) is 30.8. The molecule has 1 aromatic carbocycles. The summed E-state index contributed by atoms with van der Waals surface area (Å²) < 4.78 is 1.98. The van der Waals surface area contributed by atoms with Gasteiger partial charge < -0.3 is 9.47 Å². The Hall–Kier alpha value is -2.37. The predicted octanol–water partition coefficient (Wildman–Crippen LogP) is 2.25. The zero-order valence-corrected chi connectivity index (χ0v) is 13.7. The van der Waals surface area contributed by atoms with Crippen molar-refractivity contribution in [2.24, 2.45) is 5.92 Å². The van der Waals surface area contributed by atoms with Gasteiger partial charge in [-0.15, -0.1) is 0 Å². The number of rotatable bonds is 4. The van der Waals surface area contributed by atoms with Crippen LogP contribution in [0.2, 0.25) is 0 Å². The summed E-state index contributed by atoms with van der Waals surface area (Å²) in [6, 6.07) is 7.92. The van der Waals surface area contributed by atoms with E-state index in [-0.39, 0.29) is 30.2 Å². The first-order chi connectivity index (χ1) is 11.0. The second kappa shape index (κ2) is 6.02. The van der Waals surface area contributed by atoms with Crippen LogP contribution in [0.15, 0.2) is 24.3 Å². The van der Waals surface area contributed by atoms with Gasteiger partial charge in [0, 0.05) is 25.6 Å². The second-order valence-corrected chi connectivity index (χ2v) is 6.20. The molecule has 6 nitrogen and oxygen atoms in total. The predicted molar refractivity (Wildman–Crippen MR) is 89.0 cm³/mol. The van der Waals surface area contributed by atoms with Gasteiger partial charge in [0.1, 0.15) is 0 Å². The Morgan fingerprint density at radius 1 is 1.39 bits per heavy atom. The van der Waals surface area contributed by atoms with Crippen LogP contribution in [0.5, 0.6) is 0 Å². The smallest absolute Gasteiger partial charge is 0.232 e. The number of carbonyl (C=O) groups excluding carboxylic acids is 2. The van der Waals surface area contributed by atoms with E-state index in [4.69, 9.17) is 0 Å². The lowest BCUT2D eigenvalue weighted by atomic mass is 10.1. The zero-order chi connectivity index (χ0) is 16.6. The molecule has 2 aromatic rings. The largest absolute Gasteiger partial charge is 0.339 e. The molecule has 1 aromatic heterocycles. The third-order valence-electron chi connectivity index (χ3n) is 4.36. The van der Waals surface area contributed by atoms with Gasteiger partial charge in [0.2, 0.25) is 17.8 Å². The Morgan fingerprint density at radius 3 is 2.78 bits per heavy atom. The SMILES string of the molecule is CCn1c(NC(=O)[C@@H]2CC(=O)N(C(C)C)C2)nc2ccccc21. The molecule has 1 atom stereocenters. The number of nitrogens with zero attached hydrogens (tertiary/aromatic N) is 3. The molecule has 1 aliphatic rings. The van der Waals surface area contributed by atoms with Gasteiger partial charge in [-0.2, -0.15) is 0 Å². The number of aromatic nitrogens is 2. The fourth-order valence-electron chi connectivity index (χ4n) is 3.11. The summed E-state index contributed by atoms with van der Waals surface area (Å²) in [5, 5.41) is 2.91. The number of nitrogens with one attached hydrogen (secondary N) is 1. The molecule has 6 heteroatoms. The molecule has 1 N–H and O–H groups in total. The molecule has 122 valence electrons. The van der Waals surface area contributed by atoms with E-state index >= 15 is 0 Å². The number of likely N-dealkylation sites (tertiary alicyclic amines) is 1. The molecule has 0 bridgehead atoms. The standard InChI is InChI=1S/C17H22N4O2/c1-4-20-14-8-6-5-7-13(14)18-17(20)19-16(23)12-9-15(22)21(10-12)11(2)3/h5-8,11-12H,4,9-10H2,1-3H3,(H,18,19,23)/t12-/m1/s1. The number of imidazole rings is 1. The van der Waals surface area contributed by atoms with Crippen molar-refractivity contribution in [3.8, 4) is 0 Å². The average molecular weight is 314 g/mol. The summed E-state index contributed by atoms with van der Waals surface area (Å²) in [5.74, 6) is 0.153. The average Bonchev–Trinajstić information content (AvgIpc) is 3.07. The minimum Gasteiger partial charge on any atom is -0.339 e. The van der Waals surface area contributed by atoms with Gasteiger partial charge >= 0.3 is 0 Å². The lowest BCUT2D eigenvalue weighted by Crippen LogP contribution is -2.33. The maximum Gasteiger partial charge on any atom is 0.232 e. The maximum atomic E-state index is 12.5. The third-order valence-corrected chi connectivity index (χ3v) is 4.36. The number of aryl methyl sites for hydroxylation is 1. The number of hydrogen-bond donors (Lipinski definition) is 1. The topological polar surface area (TPSA) is 67.2 Å². The van der Waals surface area contributed by atoms with Crippen molar-refractivity contribution in [3.05, 3.63) is 24.3 Å². The normalized spacial score (nSPS) is 18.2. The highest BCUT2D eigenvalue weighted by Crippen LogP contribution is 2.23. The second-order valence-electron chi connectivity index (χ2n) is 6.20. The van der Waals surface area contributed by atoms with E-state index in [1.165, 1.54) is 0 Å². The summed E-state index contributed by atoms with van der Waals surface area (Å²) in [5.41, 5.74) is 1.85. The first-order valence-corrected chi connectivity index (χ1v) is 8.06. The van der Waals surface area contributed by atoms with Gasteiger partial charge in [0.25, 0.3) is 0 Å². The van der Waals surface area contributed by atoms with E-state index in [9.17, 15) is 9.59 Å². The van der Waals surface area contributed by atoms with Gasteiger partial charge in [-0.25, -0.2) is 4.98 Å². The minimum atomic E-state index is -0.310. The molecule has 0 unspecified atom stereocenters. The molecule has 1 saturated heterocycles. The molecule has 2 heterocycles. The Morgan fingerprint density at radius 2 is 2.13 bits per heavy atom. The van der Waals surface area contributed by atoms with Crippen molar-refractivity contribution >= 4 is 28.8 Å². The monoisotopic (exact) mass is 314 g/mol. The molecule has 2 amide bonds. The van der Waals surface area contributed by atoms with Crippen molar-refractivity contribution in [1.82, 2.24) is 14.5 Å². The van der Waals surface area contributed by atoms with Crippen LogP contribution in [0.25, 0.3) is 11.0 Å². The fourth-order valence-corrected chi connectivity index (χ4v) is 3.11. The maximum absolute atomic E-state index is 12.5. The highest BCUT2D eigenvalue weighted by molar-refractivity contribution is 5.97. The number of fused-ring (bicyclic) bond motifs is 1. The van der Waals surface area contributed by atoms with Crippen LogP contribution >= 0.6 is 0 Å². The number of benzene rings is 1. The zero-order valence-electron chi connectivity index (χ0n) is 13.7. The molecule has 0 radical (unpaired) electrons. The Balaban J connectivity index is 1.80. The van der Waals surface area contributed by atoms with E-state index in [0.717, 1.165) is 17.6 Å². The van der Waals surface area contributed by atoms with Crippen molar-refractivity contribution in [1.29, 1.82) is 0 Å². The third kappa shape index (κ3) is 2.81. The number of para-hydroxylation sites is 2. The Labute approximate surface area is 135 Å². The van der Waals surface area contributed by atoms with E-state index in [2.05, 4.69) is 10.3 Å². The van der Waals surface area contributed by atoms with Crippen molar-refractivity contribution in [2.75, 3.05) is 11.9 Å². The molecule has 1 aliphatic heterocycles. The van der Waals surface area contributed by atoms with Gasteiger partial charge in [-0.3, -0.25) is 14.9 Å². The highest BCUT2D eigenvalue weighted by Gasteiger charge is 2.35. The van der Waals surface area contributed by atoms with E-state index in [0.29, 0.717) is 12.5 Å². The number of amides is 2. The van der Waals surface area contributed by atoms with E-state index in [1.807, 2.05) is 49.6 Å². The summed E-state index contributed by atoms with van der Waals surface area (Å²) in [6.45, 7) is 7.15. The molecule has 3 rings (SSSR count). The van der Waals surface area contributed by atoms with Crippen LogP contribution in [0.4, 0.5) is 5.95 Å². The van der Waals surface area contributed by atoms with Crippen molar-refractivity contribution < 1.29 is 9.59 Å². The first-order valence-electron chi connectivity index (χ1n) is 8.06. The fraction of sp³-hybridized carbons (Fsp3) is 0.471. The van der Waals surface area contributed by atoms with E-state index < -0.39 is 0 Å². The molecule has 0 aliphatic carbocycles. The van der Waals surface area contributed by atoms with Crippen LogP contribution in [0.3, 0.4) is 0 Å². The molecule has 0 spiro atoms. The lowest BCUT2D eigenvalue weighted by Gasteiger charge is -2.20. The number of carbonyl (C=O) groups is 2. The highest BCUT2D eigenvalue weighted by atomic mass is 16.2. The minimum absolute atomic E-state index is 0.0455. The summed E-state index contributed by atoms with van der Waals surface area (Å²) >= 11 is 0. The summed E-state index contributed by atoms with van der Waals surface area (Å²) in [6.07, 6.45) is 0.274.